The minimum Gasteiger partial charge on any atom is -0.396 e. The van der Waals surface area contributed by atoms with Gasteiger partial charge in [0.05, 0.1) is 23.3 Å². The summed E-state index contributed by atoms with van der Waals surface area (Å²) in [5.41, 5.74) is 8.08. The molecule has 0 saturated carbocycles. The Balaban J connectivity index is 2.56. The number of aromatic nitrogens is 2. The van der Waals surface area contributed by atoms with Crippen molar-refractivity contribution in [1.29, 1.82) is 0 Å². The van der Waals surface area contributed by atoms with Crippen LogP contribution in [0.3, 0.4) is 0 Å². The number of rotatable bonds is 2. The molecule has 0 aliphatic heterocycles. The summed E-state index contributed by atoms with van der Waals surface area (Å²) in [6.45, 7) is 4.06. The highest BCUT2D eigenvalue weighted by Gasteiger charge is 2.13. The van der Waals surface area contributed by atoms with Crippen LogP contribution in [-0.4, -0.2) is 9.78 Å². The minimum absolute atomic E-state index is 0.241. The summed E-state index contributed by atoms with van der Waals surface area (Å²) in [5, 5.41) is 4.17. The zero-order chi connectivity index (χ0) is 11.7. The molecule has 84 valence electrons. The molecule has 1 aromatic heterocycles. The molecule has 0 radical (unpaired) electrons. The number of anilines is 1. The number of hydrogen-bond donors (Lipinski definition) is 1. The number of hydrogen-bond acceptors (Lipinski definition) is 2. The number of halogens is 1. The van der Waals surface area contributed by atoms with Crippen LogP contribution in [0.1, 0.15) is 25.5 Å². The Hall–Kier alpha value is -1.84. The van der Waals surface area contributed by atoms with Crippen LogP contribution in [-0.2, 0) is 0 Å². The van der Waals surface area contributed by atoms with Crippen LogP contribution in [0.2, 0.25) is 0 Å². The summed E-state index contributed by atoms with van der Waals surface area (Å²) < 4.78 is 14.8. The lowest BCUT2D eigenvalue weighted by molar-refractivity contribution is 0.623. The molecule has 3 nitrogen and oxygen atoms in total. The first kappa shape index (κ1) is 10.7. The fourth-order valence-corrected chi connectivity index (χ4v) is 1.76. The monoisotopic (exact) mass is 219 g/mol. The molecule has 0 saturated heterocycles. The topological polar surface area (TPSA) is 43.8 Å². The predicted octanol–water partition coefficient (Wildman–Crippen LogP) is 2.72. The van der Waals surface area contributed by atoms with Gasteiger partial charge in [-0.1, -0.05) is 19.9 Å². The summed E-state index contributed by atoms with van der Waals surface area (Å²) in [6.07, 6.45) is 1.60. The standard InChI is InChI=1S/C12H14FN3/c1-8(2)12-11(14)7-15-16(12)10-5-3-4-9(13)6-10/h3-8H,14H2,1-2H3. The molecule has 2 N–H and O–H groups in total. The quantitative estimate of drug-likeness (QED) is 0.844. The zero-order valence-corrected chi connectivity index (χ0v) is 9.31. The molecular formula is C12H14FN3. The van der Waals surface area contributed by atoms with Gasteiger partial charge in [0.25, 0.3) is 0 Å². The van der Waals surface area contributed by atoms with Gasteiger partial charge in [-0.15, -0.1) is 0 Å². The van der Waals surface area contributed by atoms with E-state index in [-0.39, 0.29) is 11.7 Å². The average Bonchev–Trinajstić information content (AvgIpc) is 2.60. The molecular weight excluding hydrogens is 205 g/mol. The van der Waals surface area contributed by atoms with Crippen molar-refractivity contribution in [3.8, 4) is 5.69 Å². The third-order valence-electron chi connectivity index (χ3n) is 2.44. The largest absolute Gasteiger partial charge is 0.396 e. The fraction of sp³-hybridized carbons (Fsp3) is 0.250. The normalized spacial score (nSPS) is 11.0. The summed E-state index contributed by atoms with van der Waals surface area (Å²) in [6, 6.07) is 6.32. The van der Waals surface area contributed by atoms with Crippen molar-refractivity contribution in [3.63, 3.8) is 0 Å². The summed E-state index contributed by atoms with van der Waals surface area (Å²) >= 11 is 0. The van der Waals surface area contributed by atoms with Gasteiger partial charge in [-0.3, -0.25) is 0 Å². The van der Waals surface area contributed by atoms with E-state index in [4.69, 9.17) is 5.73 Å². The molecule has 4 heteroatoms. The fourth-order valence-electron chi connectivity index (χ4n) is 1.76. The van der Waals surface area contributed by atoms with Gasteiger partial charge in [0.1, 0.15) is 5.82 Å². The first-order chi connectivity index (χ1) is 7.59. The summed E-state index contributed by atoms with van der Waals surface area (Å²) in [4.78, 5) is 0. The smallest absolute Gasteiger partial charge is 0.125 e. The van der Waals surface area contributed by atoms with Crippen LogP contribution in [0.15, 0.2) is 30.5 Å². The molecule has 0 fully saturated rings. The lowest BCUT2D eigenvalue weighted by Crippen LogP contribution is -2.05. The van der Waals surface area contributed by atoms with Crippen LogP contribution in [0.4, 0.5) is 10.1 Å². The molecule has 0 aliphatic rings. The van der Waals surface area contributed by atoms with Gasteiger partial charge in [0, 0.05) is 0 Å². The summed E-state index contributed by atoms with van der Waals surface area (Å²) in [5.74, 6) is -0.0351. The Labute approximate surface area is 93.7 Å². The van der Waals surface area contributed by atoms with Crippen molar-refractivity contribution < 1.29 is 4.39 Å². The minimum atomic E-state index is -0.277. The van der Waals surface area contributed by atoms with E-state index in [9.17, 15) is 4.39 Å². The molecule has 0 atom stereocenters. The van der Waals surface area contributed by atoms with E-state index >= 15 is 0 Å². The molecule has 2 rings (SSSR count). The third-order valence-corrected chi connectivity index (χ3v) is 2.44. The third kappa shape index (κ3) is 1.78. The first-order valence-electron chi connectivity index (χ1n) is 5.19. The van der Waals surface area contributed by atoms with Gasteiger partial charge >= 0.3 is 0 Å². The lowest BCUT2D eigenvalue weighted by atomic mass is 10.1. The molecule has 0 amide bonds. The van der Waals surface area contributed by atoms with Crippen LogP contribution in [0, 0.1) is 5.82 Å². The van der Waals surface area contributed by atoms with Crippen molar-refractivity contribution in [3.05, 3.63) is 42.0 Å². The molecule has 1 aromatic carbocycles. The van der Waals surface area contributed by atoms with Crippen LogP contribution >= 0.6 is 0 Å². The van der Waals surface area contributed by atoms with E-state index in [1.807, 2.05) is 13.8 Å². The maximum Gasteiger partial charge on any atom is 0.125 e. The first-order valence-corrected chi connectivity index (χ1v) is 5.19. The Morgan fingerprint density at radius 1 is 1.38 bits per heavy atom. The van der Waals surface area contributed by atoms with E-state index in [1.165, 1.54) is 12.1 Å². The molecule has 16 heavy (non-hydrogen) atoms. The van der Waals surface area contributed by atoms with Gasteiger partial charge in [0.2, 0.25) is 0 Å². The van der Waals surface area contributed by atoms with Crippen molar-refractivity contribution >= 4 is 5.69 Å². The SMILES string of the molecule is CC(C)c1c(N)cnn1-c1cccc(F)c1. The van der Waals surface area contributed by atoms with Crippen molar-refractivity contribution in [2.24, 2.45) is 0 Å². The van der Waals surface area contributed by atoms with E-state index in [1.54, 1.807) is 23.0 Å². The highest BCUT2D eigenvalue weighted by molar-refractivity contribution is 5.47. The molecule has 2 aromatic rings. The van der Waals surface area contributed by atoms with Crippen LogP contribution < -0.4 is 5.73 Å². The number of nitrogen functional groups attached to an aromatic ring is 1. The molecule has 0 aliphatic carbocycles. The lowest BCUT2D eigenvalue weighted by Gasteiger charge is -2.11. The number of nitrogens with two attached hydrogens (primary N) is 1. The molecule has 0 spiro atoms. The van der Waals surface area contributed by atoms with Gasteiger partial charge in [-0.05, 0) is 24.1 Å². The van der Waals surface area contributed by atoms with Crippen molar-refractivity contribution in [2.75, 3.05) is 5.73 Å². The Morgan fingerprint density at radius 2 is 2.12 bits per heavy atom. The number of nitrogens with zero attached hydrogens (tertiary/aromatic N) is 2. The molecule has 0 unspecified atom stereocenters. The van der Waals surface area contributed by atoms with E-state index in [2.05, 4.69) is 5.10 Å². The molecule has 0 bridgehead atoms. The van der Waals surface area contributed by atoms with Crippen LogP contribution in [0.5, 0.6) is 0 Å². The van der Waals surface area contributed by atoms with Gasteiger partial charge < -0.3 is 5.73 Å². The van der Waals surface area contributed by atoms with Gasteiger partial charge in [-0.25, -0.2) is 9.07 Å². The van der Waals surface area contributed by atoms with E-state index in [0.29, 0.717) is 11.4 Å². The highest BCUT2D eigenvalue weighted by atomic mass is 19.1. The second-order valence-corrected chi connectivity index (χ2v) is 4.03. The average molecular weight is 219 g/mol. The Morgan fingerprint density at radius 3 is 2.75 bits per heavy atom. The van der Waals surface area contributed by atoms with E-state index < -0.39 is 0 Å². The second-order valence-electron chi connectivity index (χ2n) is 4.03. The highest BCUT2D eigenvalue weighted by Crippen LogP contribution is 2.24. The maximum atomic E-state index is 13.1. The summed E-state index contributed by atoms with van der Waals surface area (Å²) in [7, 11) is 0. The zero-order valence-electron chi connectivity index (χ0n) is 9.31. The second kappa shape index (κ2) is 3.96. The maximum absolute atomic E-state index is 13.1. The molecule has 1 heterocycles. The number of benzene rings is 1. The van der Waals surface area contributed by atoms with Gasteiger partial charge in [-0.2, -0.15) is 5.10 Å². The van der Waals surface area contributed by atoms with Crippen LogP contribution in [0.25, 0.3) is 5.69 Å². The van der Waals surface area contributed by atoms with Crippen molar-refractivity contribution in [2.45, 2.75) is 19.8 Å². The predicted molar refractivity (Wildman–Crippen MR) is 62.0 cm³/mol. The Bertz CT molecular complexity index is 503. The Kier molecular flexibility index (Phi) is 2.64. The van der Waals surface area contributed by atoms with E-state index in [0.717, 1.165) is 5.69 Å². The van der Waals surface area contributed by atoms with Gasteiger partial charge in [0.15, 0.2) is 0 Å². The van der Waals surface area contributed by atoms with Crippen molar-refractivity contribution in [1.82, 2.24) is 9.78 Å².